The monoisotopic (exact) mass is 385 g/mol. The van der Waals surface area contributed by atoms with Gasteiger partial charge in [0, 0.05) is 30.7 Å². The number of alkyl halides is 3. The lowest BCUT2D eigenvalue weighted by Gasteiger charge is -2.13. The topological polar surface area (TPSA) is 64.3 Å². The van der Waals surface area contributed by atoms with Crippen LogP contribution >= 0.6 is 0 Å². The van der Waals surface area contributed by atoms with Crippen molar-refractivity contribution in [2.24, 2.45) is 0 Å². The summed E-state index contributed by atoms with van der Waals surface area (Å²) in [6.07, 6.45) is 1.89. The van der Waals surface area contributed by atoms with E-state index >= 15 is 0 Å². The van der Waals surface area contributed by atoms with Crippen LogP contribution in [0.25, 0.3) is 16.9 Å². The number of rotatable bonds is 5. The first-order valence-corrected chi connectivity index (χ1v) is 8.32. The van der Waals surface area contributed by atoms with Crippen LogP contribution in [0.1, 0.15) is 5.56 Å². The number of halogens is 3. The number of ether oxygens (including phenoxy) is 1. The lowest BCUT2D eigenvalue weighted by Crippen LogP contribution is -2.17. The average Bonchev–Trinajstić information content (AvgIpc) is 3.09. The summed E-state index contributed by atoms with van der Waals surface area (Å²) in [5, 5.41) is 7.43. The number of pyridine rings is 1. The van der Waals surface area contributed by atoms with Gasteiger partial charge < -0.3 is 10.1 Å². The molecular weight excluding hydrogens is 371 g/mol. The van der Waals surface area contributed by atoms with Crippen LogP contribution in [0, 0.1) is 0 Å². The number of benzene rings is 1. The Morgan fingerprint density at radius 3 is 2.68 bits per heavy atom. The smallest absolute Gasteiger partial charge is 0.405 e. The van der Waals surface area contributed by atoms with E-state index in [4.69, 9.17) is 0 Å². The number of hydrogen-bond acceptors (Lipinski definition) is 5. The molecule has 28 heavy (non-hydrogen) atoms. The Hall–Kier alpha value is -3.62. The second-order valence-corrected chi connectivity index (χ2v) is 5.90. The fourth-order valence-corrected chi connectivity index (χ4v) is 2.74. The van der Waals surface area contributed by atoms with E-state index in [0.29, 0.717) is 23.6 Å². The summed E-state index contributed by atoms with van der Waals surface area (Å²) < 4.78 is 43.8. The van der Waals surface area contributed by atoms with Crippen molar-refractivity contribution in [1.29, 1.82) is 0 Å². The lowest BCUT2D eigenvalue weighted by atomic mass is 10.1. The van der Waals surface area contributed by atoms with Crippen LogP contribution in [-0.2, 0) is 6.54 Å². The van der Waals surface area contributed by atoms with E-state index in [1.807, 2.05) is 12.1 Å². The molecule has 9 heteroatoms. The Morgan fingerprint density at radius 1 is 1.04 bits per heavy atom. The molecule has 1 N–H and O–H groups in total. The minimum Gasteiger partial charge on any atom is -0.405 e. The van der Waals surface area contributed by atoms with Crippen LogP contribution in [0.4, 0.5) is 18.9 Å². The third-order valence-corrected chi connectivity index (χ3v) is 3.96. The molecule has 3 heterocycles. The van der Waals surface area contributed by atoms with Crippen LogP contribution in [0.2, 0.25) is 0 Å². The van der Waals surface area contributed by atoms with Gasteiger partial charge >= 0.3 is 6.36 Å². The molecule has 0 unspecified atom stereocenters. The normalized spacial score (nSPS) is 11.5. The van der Waals surface area contributed by atoms with Crippen LogP contribution in [0.3, 0.4) is 0 Å². The quantitative estimate of drug-likeness (QED) is 0.555. The number of nitrogens with one attached hydrogen (secondary N) is 1. The van der Waals surface area contributed by atoms with Crippen molar-refractivity contribution in [2.75, 3.05) is 5.32 Å². The molecule has 0 fully saturated rings. The van der Waals surface area contributed by atoms with Crippen LogP contribution in [0.5, 0.6) is 5.75 Å². The molecule has 0 saturated carbocycles. The highest BCUT2D eigenvalue weighted by Crippen LogP contribution is 2.33. The van der Waals surface area contributed by atoms with Crippen molar-refractivity contribution in [3.63, 3.8) is 0 Å². The highest BCUT2D eigenvalue weighted by molar-refractivity contribution is 5.73. The first-order chi connectivity index (χ1) is 13.5. The minimum absolute atomic E-state index is 0.238. The first kappa shape index (κ1) is 17.8. The van der Waals surface area contributed by atoms with Gasteiger partial charge in [-0.15, -0.1) is 13.2 Å². The fraction of sp³-hybridized carbons (Fsp3) is 0.105. The SMILES string of the molecule is FC(F)(F)Oc1ccccc1-c1ccn2ncc(NCc3cccnc3)c2n1. The van der Waals surface area contributed by atoms with Crippen LogP contribution in [-0.4, -0.2) is 25.9 Å². The zero-order chi connectivity index (χ0) is 19.6. The minimum atomic E-state index is -4.78. The predicted octanol–water partition coefficient (Wildman–Crippen LogP) is 4.30. The van der Waals surface area contributed by atoms with Gasteiger partial charge in [-0.25, -0.2) is 9.50 Å². The summed E-state index contributed by atoms with van der Waals surface area (Å²) in [6, 6.07) is 11.2. The molecule has 4 aromatic rings. The fourth-order valence-electron chi connectivity index (χ4n) is 2.74. The zero-order valence-electron chi connectivity index (χ0n) is 14.4. The van der Waals surface area contributed by atoms with Gasteiger partial charge in [0.25, 0.3) is 0 Å². The summed E-state index contributed by atoms with van der Waals surface area (Å²) in [5.74, 6) is -0.309. The highest BCUT2D eigenvalue weighted by atomic mass is 19.4. The summed E-state index contributed by atoms with van der Waals surface area (Å²) >= 11 is 0. The number of para-hydroxylation sites is 1. The summed E-state index contributed by atoms with van der Waals surface area (Å²) in [5.41, 5.74) is 2.70. The van der Waals surface area contributed by atoms with Crippen molar-refractivity contribution in [2.45, 2.75) is 12.9 Å². The van der Waals surface area contributed by atoms with E-state index in [9.17, 15) is 13.2 Å². The summed E-state index contributed by atoms with van der Waals surface area (Å²) in [7, 11) is 0. The van der Waals surface area contributed by atoms with Gasteiger partial charge in [0.2, 0.25) is 0 Å². The Bertz CT molecular complexity index is 1100. The largest absolute Gasteiger partial charge is 0.573 e. The highest BCUT2D eigenvalue weighted by Gasteiger charge is 2.32. The molecular formula is C19H14F3N5O. The van der Waals surface area contributed by atoms with Crippen LogP contribution in [0.15, 0.2) is 67.3 Å². The van der Waals surface area contributed by atoms with E-state index in [-0.39, 0.29) is 11.3 Å². The van der Waals surface area contributed by atoms with Crippen molar-refractivity contribution in [3.05, 3.63) is 72.8 Å². The second kappa shape index (κ2) is 7.18. The molecule has 3 aromatic heterocycles. The van der Waals surface area contributed by atoms with E-state index in [1.165, 1.54) is 18.2 Å². The van der Waals surface area contributed by atoms with Crippen LogP contribution < -0.4 is 10.1 Å². The molecule has 0 amide bonds. The molecule has 6 nitrogen and oxygen atoms in total. The Labute approximate surface area is 157 Å². The molecule has 1 aromatic carbocycles. The number of fused-ring (bicyclic) bond motifs is 1. The summed E-state index contributed by atoms with van der Waals surface area (Å²) in [6.45, 7) is 0.509. The van der Waals surface area contributed by atoms with Gasteiger partial charge in [0.15, 0.2) is 5.65 Å². The molecule has 0 atom stereocenters. The van der Waals surface area contributed by atoms with E-state index in [2.05, 4.69) is 25.1 Å². The van der Waals surface area contributed by atoms with Gasteiger partial charge in [-0.2, -0.15) is 5.10 Å². The predicted molar refractivity (Wildman–Crippen MR) is 96.7 cm³/mol. The average molecular weight is 385 g/mol. The van der Waals surface area contributed by atoms with E-state index < -0.39 is 6.36 Å². The zero-order valence-corrected chi connectivity index (χ0v) is 14.4. The summed E-state index contributed by atoms with van der Waals surface area (Å²) in [4.78, 5) is 8.54. The van der Waals surface area contributed by atoms with Gasteiger partial charge in [-0.1, -0.05) is 18.2 Å². The second-order valence-electron chi connectivity index (χ2n) is 5.90. The standard InChI is InChI=1S/C19H14F3N5O/c20-19(21,22)28-17-6-2-1-5-14(17)15-7-9-27-18(26-15)16(12-25-27)24-11-13-4-3-8-23-10-13/h1-10,12,24H,11H2. The van der Waals surface area contributed by atoms with Crippen molar-refractivity contribution in [3.8, 4) is 17.0 Å². The molecule has 0 saturated heterocycles. The van der Waals surface area contributed by atoms with Crippen molar-refractivity contribution in [1.82, 2.24) is 19.6 Å². The molecule has 142 valence electrons. The number of anilines is 1. The third-order valence-electron chi connectivity index (χ3n) is 3.96. The van der Waals surface area contributed by atoms with Gasteiger partial charge in [0.05, 0.1) is 11.9 Å². The molecule has 0 aliphatic carbocycles. The number of hydrogen-bond donors (Lipinski definition) is 1. The maximum atomic E-state index is 12.7. The van der Waals surface area contributed by atoms with E-state index in [0.717, 1.165) is 5.56 Å². The first-order valence-electron chi connectivity index (χ1n) is 8.32. The molecule has 0 radical (unpaired) electrons. The van der Waals surface area contributed by atoms with E-state index in [1.54, 1.807) is 41.4 Å². The lowest BCUT2D eigenvalue weighted by molar-refractivity contribution is -0.274. The molecule has 4 rings (SSSR count). The number of aromatic nitrogens is 4. The Balaban J connectivity index is 1.67. The van der Waals surface area contributed by atoms with Gasteiger partial charge in [0.1, 0.15) is 11.4 Å². The Morgan fingerprint density at radius 2 is 1.89 bits per heavy atom. The van der Waals surface area contributed by atoms with Crippen molar-refractivity contribution < 1.29 is 17.9 Å². The maximum absolute atomic E-state index is 12.7. The van der Waals surface area contributed by atoms with Gasteiger partial charge in [-0.05, 0) is 29.8 Å². The maximum Gasteiger partial charge on any atom is 0.573 e. The molecule has 0 aliphatic heterocycles. The third kappa shape index (κ3) is 3.88. The van der Waals surface area contributed by atoms with Crippen molar-refractivity contribution >= 4 is 11.3 Å². The Kier molecular flexibility index (Phi) is 4.56. The molecule has 0 spiro atoms. The molecule has 0 bridgehead atoms. The molecule has 0 aliphatic rings. The van der Waals surface area contributed by atoms with Gasteiger partial charge in [-0.3, -0.25) is 4.98 Å². The number of nitrogens with zero attached hydrogens (tertiary/aromatic N) is 4.